The minimum atomic E-state index is -4.32. The van der Waals surface area contributed by atoms with Crippen molar-refractivity contribution in [1.29, 1.82) is 0 Å². The summed E-state index contributed by atoms with van der Waals surface area (Å²) >= 11 is 0. The number of benzene rings is 2. The Morgan fingerprint density at radius 3 is 2.33 bits per heavy atom. The second kappa shape index (κ2) is 6.28. The number of hydrogen-bond donors (Lipinski definition) is 1. The Labute approximate surface area is 137 Å². The predicted molar refractivity (Wildman–Crippen MR) is 87.7 cm³/mol. The molecular formula is C18H18F3N3. The first kappa shape index (κ1) is 16.5. The second-order valence-corrected chi connectivity index (χ2v) is 5.85. The van der Waals surface area contributed by atoms with Crippen LogP contribution in [0.15, 0.2) is 48.5 Å². The fourth-order valence-corrected chi connectivity index (χ4v) is 2.92. The lowest BCUT2D eigenvalue weighted by atomic mass is 9.97. The molecule has 1 unspecified atom stereocenters. The molecule has 1 atom stereocenters. The fraction of sp³-hybridized carbons (Fsp3) is 0.278. The van der Waals surface area contributed by atoms with Crippen molar-refractivity contribution in [2.24, 2.45) is 12.8 Å². The van der Waals surface area contributed by atoms with E-state index < -0.39 is 11.7 Å². The number of rotatable bonds is 4. The van der Waals surface area contributed by atoms with Crippen molar-refractivity contribution in [3.63, 3.8) is 0 Å². The van der Waals surface area contributed by atoms with Crippen LogP contribution in [0.4, 0.5) is 13.2 Å². The van der Waals surface area contributed by atoms with Crippen LogP contribution in [0, 0.1) is 0 Å². The summed E-state index contributed by atoms with van der Waals surface area (Å²) < 4.78 is 39.9. The number of halogens is 3. The van der Waals surface area contributed by atoms with Crippen LogP contribution in [0.3, 0.4) is 0 Å². The molecule has 126 valence electrons. The van der Waals surface area contributed by atoms with E-state index in [2.05, 4.69) is 4.98 Å². The molecule has 3 nitrogen and oxygen atoms in total. The number of para-hydroxylation sites is 2. The van der Waals surface area contributed by atoms with Crippen molar-refractivity contribution in [3.05, 3.63) is 65.5 Å². The lowest BCUT2D eigenvalue weighted by Crippen LogP contribution is -2.19. The van der Waals surface area contributed by atoms with Crippen molar-refractivity contribution in [1.82, 2.24) is 9.55 Å². The van der Waals surface area contributed by atoms with Crippen LogP contribution in [0.2, 0.25) is 0 Å². The summed E-state index contributed by atoms with van der Waals surface area (Å²) in [6.07, 6.45) is -3.77. The standard InChI is InChI=1S/C18H18F3N3/c1-24-16-5-3-2-4-15(16)23-17(24)13(11-22)10-12-6-8-14(9-7-12)18(19,20)21/h2-9,13H,10-11,22H2,1H3. The lowest BCUT2D eigenvalue weighted by Gasteiger charge is -2.15. The van der Waals surface area contributed by atoms with E-state index in [1.807, 2.05) is 35.9 Å². The lowest BCUT2D eigenvalue weighted by molar-refractivity contribution is -0.137. The molecule has 0 spiro atoms. The summed E-state index contributed by atoms with van der Waals surface area (Å²) in [4.78, 5) is 4.64. The van der Waals surface area contributed by atoms with Gasteiger partial charge >= 0.3 is 6.18 Å². The van der Waals surface area contributed by atoms with Gasteiger partial charge in [-0.2, -0.15) is 13.2 Å². The number of alkyl halides is 3. The van der Waals surface area contributed by atoms with Crippen LogP contribution in [0.5, 0.6) is 0 Å². The molecule has 0 fully saturated rings. The summed E-state index contributed by atoms with van der Waals surface area (Å²) in [6.45, 7) is 0.373. The van der Waals surface area contributed by atoms with E-state index in [1.54, 1.807) is 0 Å². The molecule has 3 aromatic rings. The first-order valence-corrected chi connectivity index (χ1v) is 7.67. The zero-order chi connectivity index (χ0) is 17.3. The maximum absolute atomic E-state index is 12.7. The molecule has 3 rings (SSSR count). The number of nitrogens with zero attached hydrogens (tertiary/aromatic N) is 2. The molecule has 0 amide bonds. The van der Waals surface area contributed by atoms with E-state index in [9.17, 15) is 13.2 Å². The molecule has 2 N–H and O–H groups in total. The Balaban J connectivity index is 1.87. The summed E-state index contributed by atoms with van der Waals surface area (Å²) in [7, 11) is 1.93. The van der Waals surface area contributed by atoms with Crippen molar-refractivity contribution in [3.8, 4) is 0 Å². The van der Waals surface area contributed by atoms with Gasteiger partial charge in [0.25, 0.3) is 0 Å². The zero-order valence-corrected chi connectivity index (χ0v) is 13.2. The summed E-state index contributed by atoms with van der Waals surface area (Å²) in [5.74, 6) is 0.790. The first-order valence-electron chi connectivity index (χ1n) is 7.67. The van der Waals surface area contributed by atoms with E-state index in [0.29, 0.717) is 13.0 Å². The highest BCUT2D eigenvalue weighted by Gasteiger charge is 2.30. The van der Waals surface area contributed by atoms with Crippen LogP contribution in [-0.4, -0.2) is 16.1 Å². The molecule has 0 saturated carbocycles. The highest BCUT2D eigenvalue weighted by molar-refractivity contribution is 5.75. The van der Waals surface area contributed by atoms with Crippen LogP contribution in [-0.2, 0) is 19.6 Å². The monoisotopic (exact) mass is 333 g/mol. The van der Waals surface area contributed by atoms with Crippen molar-refractivity contribution < 1.29 is 13.2 Å². The third-order valence-electron chi connectivity index (χ3n) is 4.23. The van der Waals surface area contributed by atoms with Crippen molar-refractivity contribution >= 4 is 11.0 Å². The third-order valence-corrected chi connectivity index (χ3v) is 4.23. The van der Waals surface area contributed by atoms with Crippen molar-refractivity contribution in [2.45, 2.75) is 18.5 Å². The molecule has 2 aromatic carbocycles. The Morgan fingerprint density at radius 2 is 1.75 bits per heavy atom. The van der Waals surface area contributed by atoms with Gasteiger partial charge in [0, 0.05) is 19.5 Å². The number of fused-ring (bicyclic) bond motifs is 1. The molecule has 0 aliphatic rings. The van der Waals surface area contributed by atoms with Crippen LogP contribution in [0.25, 0.3) is 11.0 Å². The average molecular weight is 333 g/mol. The normalized spacial score (nSPS) is 13.4. The SMILES string of the molecule is Cn1c(C(CN)Cc2ccc(C(F)(F)F)cc2)nc2ccccc21. The van der Waals surface area contributed by atoms with Crippen LogP contribution < -0.4 is 5.73 Å². The van der Waals surface area contributed by atoms with Crippen LogP contribution >= 0.6 is 0 Å². The number of nitrogens with two attached hydrogens (primary N) is 1. The zero-order valence-electron chi connectivity index (χ0n) is 13.2. The largest absolute Gasteiger partial charge is 0.416 e. The molecule has 1 heterocycles. The topological polar surface area (TPSA) is 43.8 Å². The molecule has 1 aromatic heterocycles. The van der Waals surface area contributed by atoms with Gasteiger partial charge < -0.3 is 10.3 Å². The molecule has 24 heavy (non-hydrogen) atoms. The number of aryl methyl sites for hydroxylation is 1. The minimum absolute atomic E-state index is 0.0564. The van der Waals surface area contributed by atoms with Gasteiger partial charge in [-0.25, -0.2) is 4.98 Å². The minimum Gasteiger partial charge on any atom is -0.331 e. The molecule has 0 bridgehead atoms. The average Bonchev–Trinajstić information content (AvgIpc) is 2.89. The number of imidazole rings is 1. The van der Waals surface area contributed by atoms with E-state index in [1.165, 1.54) is 12.1 Å². The van der Waals surface area contributed by atoms with Gasteiger partial charge in [0.15, 0.2) is 0 Å². The fourth-order valence-electron chi connectivity index (χ4n) is 2.92. The second-order valence-electron chi connectivity index (χ2n) is 5.85. The highest BCUT2D eigenvalue weighted by Crippen LogP contribution is 2.30. The maximum atomic E-state index is 12.7. The van der Waals surface area contributed by atoms with E-state index >= 15 is 0 Å². The first-order chi connectivity index (χ1) is 11.4. The Bertz CT molecular complexity index is 835. The van der Waals surface area contributed by atoms with Gasteiger partial charge in [0.05, 0.1) is 16.6 Å². The summed E-state index contributed by atoms with van der Waals surface area (Å²) in [6, 6.07) is 13.0. The number of aromatic nitrogens is 2. The van der Waals surface area contributed by atoms with Gasteiger partial charge in [-0.05, 0) is 36.2 Å². The maximum Gasteiger partial charge on any atom is 0.416 e. The van der Waals surface area contributed by atoms with Gasteiger partial charge in [0.1, 0.15) is 5.82 Å². The smallest absolute Gasteiger partial charge is 0.331 e. The summed E-state index contributed by atoms with van der Waals surface area (Å²) in [5, 5.41) is 0. The van der Waals surface area contributed by atoms with E-state index in [4.69, 9.17) is 5.73 Å². The third kappa shape index (κ3) is 3.14. The van der Waals surface area contributed by atoms with Gasteiger partial charge in [-0.1, -0.05) is 24.3 Å². The van der Waals surface area contributed by atoms with Gasteiger partial charge in [-0.3, -0.25) is 0 Å². The molecule has 0 saturated heterocycles. The molecular weight excluding hydrogens is 315 g/mol. The predicted octanol–water partition coefficient (Wildman–Crippen LogP) is 3.88. The molecule has 0 radical (unpaired) electrons. The Morgan fingerprint density at radius 1 is 1.08 bits per heavy atom. The van der Waals surface area contributed by atoms with Crippen LogP contribution in [0.1, 0.15) is 22.9 Å². The highest BCUT2D eigenvalue weighted by atomic mass is 19.4. The Kier molecular flexibility index (Phi) is 4.32. The van der Waals surface area contributed by atoms with E-state index in [0.717, 1.165) is 34.6 Å². The van der Waals surface area contributed by atoms with Gasteiger partial charge in [-0.15, -0.1) is 0 Å². The van der Waals surface area contributed by atoms with Gasteiger partial charge in [0.2, 0.25) is 0 Å². The number of hydrogen-bond acceptors (Lipinski definition) is 2. The molecule has 6 heteroatoms. The molecule has 0 aliphatic heterocycles. The van der Waals surface area contributed by atoms with E-state index in [-0.39, 0.29) is 5.92 Å². The van der Waals surface area contributed by atoms with Crippen molar-refractivity contribution in [2.75, 3.05) is 6.54 Å². The Hall–Kier alpha value is -2.34. The molecule has 0 aliphatic carbocycles. The quantitative estimate of drug-likeness (QED) is 0.787. The summed E-state index contributed by atoms with van der Waals surface area (Å²) in [5.41, 5.74) is 7.98.